The quantitative estimate of drug-likeness (QED) is 0.251. The highest BCUT2D eigenvalue weighted by Crippen LogP contribution is 2.42. The lowest BCUT2D eigenvalue weighted by Gasteiger charge is -2.37. The van der Waals surface area contributed by atoms with Gasteiger partial charge in [-0.1, -0.05) is 54.1 Å². The highest BCUT2D eigenvalue weighted by atomic mass is 32.2. The van der Waals surface area contributed by atoms with Gasteiger partial charge in [0.1, 0.15) is 17.5 Å². The first-order valence-electron chi connectivity index (χ1n) is 12.8. The number of anilines is 3. The van der Waals surface area contributed by atoms with Gasteiger partial charge in [-0.3, -0.25) is 13.9 Å². The van der Waals surface area contributed by atoms with E-state index >= 15 is 0 Å². The number of nitrogens with one attached hydrogen (secondary N) is 1. The number of amides is 2. The summed E-state index contributed by atoms with van der Waals surface area (Å²) in [5.41, 5.74) is 5.77. The Morgan fingerprint density at radius 2 is 1.56 bits per heavy atom. The summed E-state index contributed by atoms with van der Waals surface area (Å²) in [6.45, 7) is 6.24. The van der Waals surface area contributed by atoms with Crippen molar-refractivity contribution in [3.05, 3.63) is 108 Å². The molecule has 0 saturated carbocycles. The molecule has 0 spiro atoms. The first kappa shape index (κ1) is 26.4. The van der Waals surface area contributed by atoms with Crippen molar-refractivity contribution in [2.24, 2.45) is 0 Å². The van der Waals surface area contributed by atoms with E-state index in [2.05, 4.69) is 38.2 Å². The van der Waals surface area contributed by atoms with Gasteiger partial charge in [-0.05, 0) is 80.2 Å². The van der Waals surface area contributed by atoms with E-state index < -0.39 is 6.04 Å². The van der Waals surface area contributed by atoms with Gasteiger partial charge < -0.3 is 15.0 Å². The summed E-state index contributed by atoms with van der Waals surface area (Å²) in [7, 11) is 1.73. The molecular weight excluding hydrogens is 506 g/mol. The number of hydrogen-bond donors (Lipinski definition) is 1. The molecule has 1 heterocycles. The van der Waals surface area contributed by atoms with Crippen LogP contribution >= 0.6 is 11.9 Å². The Morgan fingerprint density at radius 1 is 0.897 bits per heavy atom. The van der Waals surface area contributed by atoms with Gasteiger partial charge in [0.05, 0.1) is 17.8 Å². The predicted octanol–water partition coefficient (Wildman–Crippen LogP) is 7.29. The Bertz CT molecular complexity index is 1500. The summed E-state index contributed by atoms with van der Waals surface area (Å²) in [6.07, 6.45) is 0.0113. The van der Waals surface area contributed by atoms with Crippen molar-refractivity contribution in [2.75, 3.05) is 21.6 Å². The number of para-hydroxylation sites is 3. The Kier molecular flexibility index (Phi) is 7.61. The number of carbonyl (C=O) groups is 2. The second kappa shape index (κ2) is 11.3. The highest BCUT2D eigenvalue weighted by molar-refractivity contribution is 8.00. The van der Waals surface area contributed by atoms with Gasteiger partial charge in [-0.2, -0.15) is 0 Å². The fraction of sp³-hybridized carbons (Fsp3) is 0.188. The normalized spacial score (nSPS) is 14.4. The Morgan fingerprint density at radius 3 is 2.31 bits per heavy atom. The number of carbonyl (C=O) groups excluding carboxylic acids is 2. The smallest absolute Gasteiger partial charge is 0.248 e. The number of aryl methyl sites for hydroxylation is 3. The molecule has 1 atom stereocenters. The van der Waals surface area contributed by atoms with Gasteiger partial charge in [-0.25, -0.2) is 0 Å². The van der Waals surface area contributed by atoms with Crippen LogP contribution in [0.15, 0.2) is 95.9 Å². The Labute approximate surface area is 233 Å². The molecule has 0 aliphatic carbocycles. The number of ether oxygens (including phenoxy) is 1. The molecule has 0 bridgehead atoms. The summed E-state index contributed by atoms with van der Waals surface area (Å²) in [5, 5.41) is 3.00. The van der Waals surface area contributed by atoms with Gasteiger partial charge in [0.15, 0.2) is 0 Å². The fourth-order valence-corrected chi connectivity index (χ4v) is 5.94. The maximum atomic E-state index is 13.6. The second-order valence-electron chi connectivity index (χ2n) is 9.74. The summed E-state index contributed by atoms with van der Waals surface area (Å²) >= 11 is 1.52. The molecule has 0 aromatic heterocycles. The Balaban J connectivity index is 1.40. The van der Waals surface area contributed by atoms with Crippen molar-refractivity contribution in [3.63, 3.8) is 0 Å². The summed E-state index contributed by atoms with van der Waals surface area (Å²) in [5.74, 6) is 0.974. The van der Waals surface area contributed by atoms with Crippen molar-refractivity contribution in [3.8, 4) is 11.5 Å². The number of rotatable bonds is 7. The molecule has 2 amide bonds. The third-order valence-electron chi connectivity index (χ3n) is 6.71. The van der Waals surface area contributed by atoms with E-state index in [1.807, 2.05) is 83.2 Å². The van der Waals surface area contributed by atoms with E-state index in [1.165, 1.54) is 17.5 Å². The lowest BCUT2D eigenvalue weighted by Crippen LogP contribution is -2.47. The van der Waals surface area contributed by atoms with E-state index in [0.29, 0.717) is 11.4 Å². The molecule has 0 radical (unpaired) electrons. The monoisotopic (exact) mass is 537 g/mol. The molecular formula is C32H31N3O3S. The van der Waals surface area contributed by atoms with Gasteiger partial charge in [-0.15, -0.1) is 0 Å². The average Bonchev–Trinajstić information content (AvgIpc) is 2.92. The van der Waals surface area contributed by atoms with Crippen LogP contribution in [0.4, 0.5) is 17.1 Å². The zero-order valence-electron chi connectivity index (χ0n) is 22.5. The first-order chi connectivity index (χ1) is 18.8. The average molecular weight is 538 g/mol. The summed E-state index contributed by atoms with van der Waals surface area (Å²) in [6, 6.07) is 28.2. The minimum atomic E-state index is -0.691. The molecule has 1 N–H and O–H groups in total. The van der Waals surface area contributed by atoms with E-state index in [4.69, 9.17) is 4.74 Å². The van der Waals surface area contributed by atoms with Crippen LogP contribution in [0.3, 0.4) is 0 Å². The second-order valence-corrected chi connectivity index (χ2v) is 10.7. The third kappa shape index (κ3) is 5.78. The van der Waals surface area contributed by atoms with E-state index in [0.717, 1.165) is 33.1 Å². The van der Waals surface area contributed by atoms with Crippen molar-refractivity contribution in [2.45, 2.75) is 38.1 Å². The molecule has 0 fully saturated rings. The summed E-state index contributed by atoms with van der Waals surface area (Å²) in [4.78, 5) is 29.6. The Hall–Kier alpha value is -4.23. The van der Waals surface area contributed by atoms with E-state index in [-0.39, 0.29) is 18.2 Å². The van der Waals surface area contributed by atoms with Crippen molar-refractivity contribution in [1.82, 2.24) is 0 Å². The number of hydrogen-bond acceptors (Lipinski definition) is 5. The zero-order valence-corrected chi connectivity index (χ0v) is 23.3. The maximum Gasteiger partial charge on any atom is 0.248 e. The lowest BCUT2D eigenvalue weighted by molar-refractivity contribution is -0.123. The van der Waals surface area contributed by atoms with Crippen molar-refractivity contribution < 1.29 is 14.3 Å². The lowest BCUT2D eigenvalue weighted by atomic mass is 10.1. The third-order valence-corrected chi connectivity index (χ3v) is 8.18. The van der Waals surface area contributed by atoms with Crippen LogP contribution in [0.2, 0.25) is 0 Å². The number of fused-ring (bicyclic) bond motifs is 1. The maximum absolute atomic E-state index is 13.6. The summed E-state index contributed by atoms with van der Waals surface area (Å²) < 4.78 is 7.94. The van der Waals surface area contributed by atoms with Gasteiger partial charge in [0.25, 0.3) is 0 Å². The molecule has 7 heteroatoms. The molecule has 4 aromatic rings. The van der Waals surface area contributed by atoms with Crippen molar-refractivity contribution in [1.29, 1.82) is 0 Å². The molecule has 1 aliphatic rings. The van der Waals surface area contributed by atoms with Crippen LogP contribution in [0.1, 0.15) is 23.1 Å². The molecule has 39 heavy (non-hydrogen) atoms. The molecule has 6 nitrogen and oxygen atoms in total. The van der Waals surface area contributed by atoms with Crippen LogP contribution in [0.25, 0.3) is 0 Å². The number of nitrogens with zero attached hydrogens (tertiary/aromatic N) is 2. The molecule has 1 unspecified atom stereocenters. The van der Waals surface area contributed by atoms with E-state index in [1.54, 1.807) is 11.9 Å². The van der Waals surface area contributed by atoms with Crippen LogP contribution in [0.5, 0.6) is 11.5 Å². The van der Waals surface area contributed by atoms with Crippen LogP contribution in [0, 0.1) is 20.8 Å². The first-order valence-corrected chi connectivity index (χ1v) is 13.6. The zero-order chi connectivity index (χ0) is 27.5. The van der Waals surface area contributed by atoms with Gasteiger partial charge in [0, 0.05) is 23.7 Å². The number of benzene rings is 4. The molecule has 5 rings (SSSR count). The largest absolute Gasteiger partial charge is 0.457 e. The van der Waals surface area contributed by atoms with Crippen LogP contribution in [-0.2, 0) is 9.59 Å². The SMILES string of the molecule is Cc1cc(C)c(SN2c3ccccc3NC(=O)C2CC(=O)N(C)c2cccc(Oc3ccccc3)c2)c(C)c1. The van der Waals surface area contributed by atoms with Gasteiger partial charge in [0.2, 0.25) is 11.8 Å². The molecule has 1 aliphatic heterocycles. The minimum Gasteiger partial charge on any atom is -0.457 e. The van der Waals surface area contributed by atoms with Gasteiger partial charge >= 0.3 is 0 Å². The standard InChI is InChI=1S/C32H31N3O3S/c1-21-17-22(2)31(23(3)18-21)39-35-28-16-9-8-15-27(28)33-32(37)29(35)20-30(36)34(4)24-11-10-14-26(19-24)38-25-12-6-5-7-13-25/h5-19,29H,20H2,1-4H3,(H,33,37). The highest BCUT2D eigenvalue weighted by Gasteiger charge is 2.36. The molecule has 198 valence electrons. The minimum absolute atomic E-state index is 0.0113. The fourth-order valence-electron chi connectivity index (χ4n) is 4.79. The van der Waals surface area contributed by atoms with Crippen molar-refractivity contribution >= 4 is 40.8 Å². The van der Waals surface area contributed by atoms with Crippen LogP contribution < -0.4 is 19.3 Å². The van der Waals surface area contributed by atoms with E-state index in [9.17, 15) is 9.59 Å². The predicted molar refractivity (Wildman–Crippen MR) is 159 cm³/mol. The van der Waals surface area contributed by atoms with Crippen LogP contribution in [-0.4, -0.2) is 24.9 Å². The molecule has 4 aromatic carbocycles. The topological polar surface area (TPSA) is 61.9 Å². The molecule has 0 saturated heterocycles.